The van der Waals surface area contributed by atoms with Crippen molar-refractivity contribution >= 4 is 5.70 Å². The Labute approximate surface area is 102 Å². The van der Waals surface area contributed by atoms with Crippen LogP contribution < -0.4 is 17.0 Å². The summed E-state index contributed by atoms with van der Waals surface area (Å²) < 4.78 is 2.10. The van der Waals surface area contributed by atoms with E-state index < -0.39 is 0 Å². The third-order valence-electron chi connectivity index (χ3n) is 2.44. The van der Waals surface area contributed by atoms with Crippen LogP contribution in [0.2, 0.25) is 0 Å². The topological polar surface area (TPSA) is 19.7 Å². The van der Waals surface area contributed by atoms with Crippen LogP contribution in [-0.2, 0) is 6.42 Å². The normalized spacial score (nSPS) is 10.9. The van der Waals surface area contributed by atoms with Crippen LogP contribution in [0.25, 0.3) is 5.70 Å². The largest absolute Gasteiger partial charge is 1.00 e. The highest BCUT2D eigenvalue weighted by Gasteiger charge is 2.05. The summed E-state index contributed by atoms with van der Waals surface area (Å²) in [6, 6.07) is 10.5. The fourth-order valence-corrected chi connectivity index (χ4v) is 1.62. The van der Waals surface area contributed by atoms with Crippen LogP contribution in [0.1, 0.15) is 12.5 Å². The highest BCUT2D eigenvalue weighted by atomic mass is 35.5. The maximum absolute atomic E-state index is 3.05. The molecule has 2 nitrogen and oxygen atoms in total. The predicted octanol–water partition coefficient (Wildman–Crippen LogP) is -0.590. The van der Waals surface area contributed by atoms with Crippen LogP contribution in [0, 0.1) is 0 Å². The number of H-pyrrole nitrogens is 1. The number of nitrogens with zero attached hydrogens (tertiary/aromatic N) is 1. The molecule has 0 spiro atoms. The van der Waals surface area contributed by atoms with Crippen molar-refractivity contribution in [3.05, 3.63) is 60.7 Å². The zero-order valence-electron chi connectivity index (χ0n) is 9.23. The second-order valence-corrected chi connectivity index (χ2v) is 3.46. The van der Waals surface area contributed by atoms with Crippen molar-refractivity contribution in [1.82, 2.24) is 4.98 Å². The Morgan fingerprint density at radius 1 is 1.31 bits per heavy atom. The number of allylic oxidation sites excluding steroid dienone is 2. The van der Waals surface area contributed by atoms with Crippen LogP contribution >= 0.6 is 0 Å². The van der Waals surface area contributed by atoms with Gasteiger partial charge in [0.05, 0.1) is 0 Å². The first-order valence-corrected chi connectivity index (χ1v) is 5.13. The molecule has 0 atom stereocenters. The van der Waals surface area contributed by atoms with Gasteiger partial charge in [-0.2, -0.15) is 0 Å². The van der Waals surface area contributed by atoms with Crippen LogP contribution in [0.4, 0.5) is 0 Å². The van der Waals surface area contributed by atoms with Crippen LogP contribution in [0.5, 0.6) is 0 Å². The number of hydrogen-bond acceptors (Lipinski definition) is 0. The van der Waals surface area contributed by atoms with Gasteiger partial charge in [-0.05, 0) is 18.6 Å². The van der Waals surface area contributed by atoms with Gasteiger partial charge in [0.15, 0.2) is 0 Å². The van der Waals surface area contributed by atoms with Gasteiger partial charge in [-0.1, -0.05) is 30.3 Å². The fraction of sp³-hybridized carbons (Fsp3) is 0.154. The smallest absolute Gasteiger partial charge is 0.246 e. The summed E-state index contributed by atoms with van der Waals surface area (Å²) in [6.07, 6.45) is 9.01. The lowest BCUT2D eigenvalue weighted by atomic mass is 10.1. The molecule has 0 saturated carbocycles. The van der Waals surface area contributed by atoms with Gasteiger partial charge in [-0.15, -0.1) is 0 Å². The highest BCUT2D eigenvalue weighted by molar-refractivity contribution is 5.39. The fourth-order valence-electron chi connectivity index (χ4n) is 1.62. The van der Waals surface area contributed by atoms with Crippen molar-refractivity contribution < 1.29 is 17.0 Å². The molecule has 1 N–H and O–H groups in total. The van der Waals surface area contributed by atoms with Gasteiger partial charge in [0.1, 0.15) is 18.1 Å². The Morgan fingerprint density at radius 3 is 2.62 bits per heavy atom. The molecule has 0 saturated heterocycles. The summed E-state index contributed by atoms with van der Waals surface area (Å²) in [6.45, 7) is 2.07. The molecule has 0 aliphatic carbocycles. The molecular formula is C13H15ClN2. The second-order valence-electron chi connectivity index (χ2n) is 3.46. The number of aromatic amines is 1. The van der Waals surface area contributed by atoms with E-state index in [-0.39, 0.29) is 12.4 Å². The lowest BCUT2D eigenvalue weighted by Crippen LogP contribution is -3.00. The number of halogens is 1. The van der Waals surface area contributed by atoms with Crippen LogP contribution in [0.3, 0.4) is 0 Å². The molecule has 1 aromatic carbocycles. The molecule has 0 radical (unpaired) electrons. The molecule has 2 aromatic rings. The number of rotatable bonds is 3. The molecule has 1 heterocycles. The summed E-state index contributed by atoms with van der Waals surface area (Å²) in [5.41, 5.74) is 2.61. The Hall–Kier alpha value is -1.54. The average Bonchev–Trinajstić information content (AvgIpc) is 2.81. The zero-order valence-corrected chi connectivity index (χ0v) is 9.98. The summed E-state index contributed by atoms with van der Waals surface area (Å²) in [5, 5.41) is 0. The van der Waals surface area contributed by atoms with Crippen molar-refractivity contribution in [2.24, 2.45) is 0 Å². The molecule has 0 bridgehead atoms. The minimum atomic E-state index is 0. The van der Waals surface area contributed by atoms with Gasteiger partial charge in [0.25, 0.3) is 0 Å². The van der Waals surface area contributed by atoms with Gasteiger partial charge in [0.2, 0.25) is 6.33 Å². The van der Waals surface area contributed by atoms with Crippen molar-refractivity contribution in [3.8, 4) is 0 Å². The van der Waals surface area contributed by atoms with Crippen molar-refractivity contribution in [2.45, 2.75) is 13.3 Å². The van der Waals surface area contributed by atoms with Crippen molar-refractivity contribution in [2.75, 3.05) is 0 Å². The molecule has 0 unspecified atom stereocenters. The number of nitrogens with one attached hydrogen (secondary N) is 1. The molecule has 0 aliphatic rings. The minimum Gasteiger partial charge on any atom is -1.00 e. The Kier molecular flexibility index (Phi) is 4.80. The van der Waals surface area contributed by atoms with E-state index in [1.165, 1.54) is 11.3 Å². The van der Waals surface area contributed by atoms with E-state index in [0.717, 1.165) is 6.42 Å². The van der Waals surface area contributed by atoms with Crippen LogP contribution in [-0.4, -0.2) is 4.98 Å². The van der Waals surface area contributed by atoms with E-state index >= 15 is 0 Å². The van der Waals surface area contributed by atoms with Crippen molar-refractivity contribution in [3.63, 3.8) is 0 Å². The molecule has 0 aliphatic heterocycles. The van der Waals surface area contributed by atoms with E-state index in [2.05, 4.69) is 46.8 Å². The van der Waals surface area contributed by atoms with Gasteiger partial charge >= 0.3 is 0 Å². The summed E-state index contributed by atoms with van der Waals surface area (Å²) in [4.78, 5) is 3.05. The Morgan fingerprint density at radius 2 is 2.06 bits per heavy atom. The summed E-state index contributed by atoms with van der Waals surface area (Å²) in [7, 11) is 0. The maximum Gasteiger partial charge on any atom is 0.246 e. The van der Waals surface area contributed by atoms with Gasteiger partial charge in [-0.25, -0.2) is 9.55 Å². The standard InChI is InChI=1S/C13H14N2.ClH/c1-2-13(15-9-8-14-11-15)10-12-6-4-3-5-7-12;/h2-9,11H,10H2,1H3;1H. The number of aromatic nitrogens is 2. The average molecular weight is 235 g/mol. The SMILES string of the molecule is CC=C(Cc1ccccc1)[n+]1cc[nH]c1.[Cl-]. The third kappa shape index (κ3) is 2.97. The minimum absolute atomic E-state index is 0. The summed E-state index contributed by atoms with van der Waals surface area (Å²) >= 11 is 0. The quantitative estimate of drug-likeness (QED) is 0.686. The van der Waals surface area contributed by atoms with E-state index in [1.54, 1.807) is 0 Å². The van der Waals surface area contributed by atoms with Gasteiger partial charge < -0.3 is 12.4 Å². The van der Waals surface area contributed by atoms with Gasteiger partial charge in [-0.3, -0.25) is 0 Å². The van der Waals surface area contributed by atoms with E-state index in [4.69, 9.17) is 0 Å². The molecule has 0 amide bonds. The van der Waals surface area contributed by atoms with E-state index in [9.17, 15) is 0 Å². The first-order valence-electron chi connectivity index (χ1n) is 5.13. The molecule has 0 fully saturated rings. The zero-order chi connectivity index (χ0) is 10.5. The van der Waals surface area contributed by atoms with Crippen LogP contribution in [0.15, 0.2) is 55.1 Å². The lowest BCUT2D eigenvalue weighted by Gasteiger charge is -2.02. The number of imidazole rings is 1. The molecule has 2 rings (SSSR count). The molecule has 1 aromatic heterocycles. The molecular weight excluding hydrogens is 220 g/mol. The Balaban J connectivity index is 0.00000128. The number of hydrogen-bond donors (Lipinski definition) is 1. The van der Waals surface area contributed by atoms with E-state index in [1.807, 2.05) is 24.8 Å². The van der Waals surface area contributed by atoms with Gasteiger partial charge in [0, 0.05) is 6.42 Å². The third-order valence-corrected chi connectivity index (χ3v) is 2.44. The highest BCUT2D eigenvalue weighted by Crippen LogP contribution is 2.06. The second kappa shape index (κ2) is 6.13. The first-order chi connectivity index (χ1) is 7.40. The molecule has 3 heteroatoms. The van der Waals surface area contributed by atoms with E-state index in [0.29, 0.717) is 0 Å². The lowest BCUT2D eigenvalue weighted by molar-refractivity contribution is -0.581. The number of benzene rings is 1. The molecule has 84 valence electrons. The van der Waals surface area contributed by atoms with Crippen molar-refractivity contribution in [1.29, 1.82) is 0 Å². The summed E-state index contributed by atoms with van der Waals surface area (Å²) in [5.74, 6) is 0. The maximum atomic E-state index is 3.05. The Bertz CT molecular complexity index is 432. The predicted molar refractivity (Wildman–Crippen MR) is 61.1 cm³/mol. The monoisotopic (exact) mass is 234 g/mol. The first kappa shape index (κ1) is 12.5. The molecule has 16 heavy (non-hydrogen) atoms.